The van der Waals surface area contributed by atoms with Gasteiger partial charge in [0.1, 0.15) is 6.33 Å². The molecule has 1 heterocycles. The molecule has 1 aromatic heterocycles. The molecule has 0 aliphatic rings. The van der Waals surface area contributed by atoms with Crippen LogP contribution in [0.5, 0.6) is 0 Å². The number of carbonyl (C=O) groups is 1. The second-order valence-electron chi connectivity index (χ2n) is 5.93. The number of hydrogen-bond donors (Lipinski definition) is 2. The number of hydrogen-bond acceptors (Lipinski definition) is 9. The van der Waals surface area contributed by atoms with E-state index in [1.807, 2.05) is 6.07 Å². The first-order valence-corrected chi connectivity index (χ1v) is 8.47. The normalized spacial score (nSPS) is 10.2. The average molecular weight is 409 g/mol. The van der Waals surface area contributed by atoms with Gasteiger partial charge in [0.15, 0.2) is 0 Å². The van der Waals surface area contributed by atoms with Gasteiger partial charge in [0.05, 0.1) is 9.85 Å². The Hall–Kier alpha value is -4.61. The van der Waals surface area contributed by atoms with Crippen LogP contribution in [-0.4, -0.2) is 32.8 Å². The summed E-state index contributed by atoms with van der Waals surface area (Å²) in [4.78, 5) is 42.7. The Morgan fingerprint density at radius 1 is 0.967 bits per heavy atom. The highest BCUT2D eigenvalue weighted by Crippen LogP contribution is 2.34. The summed E-state index contributed by atoms with van der Waals surface area (Å²) < 4.78 is 0. The summed E-state index contributed by atoms with van der Waals surface area (Å²) in [5.41, 5.74) is 4.90. The fourth-order valence-electron chi connectivity index (χ4n) is 2.57. The van der Waals surface area contributed by atoms with E-state index in [9.17, 15) is 25.0 Å². The van der Waals surface area contributed by atoms with Crippen LogP contribution in [0.3, 0.4) is 0 Å². The van der Waals surface area contributed by atoms with Gasteiger partial charge in [-0.15, -0.1) is 0 Å². The molecule has 0 unspecified atom stereocenters. The Bertz CT molecular complexity index is 1090. The number of anilines is 3. The van der Waals surface area contributed by atoms with Crippen molar-refractivity contribution in [2.24, 2.45) is 0 Å². The van der Waals surface area contributed by atoms with Gasteiger partial charge >= 0.3 is 5.69 Å². The molecule has 12 nitrogen and oxygen atoms in total. The van der Waals surface area contributed by atoms with Gasteiger partial charge in [0, 0.05) is 30.4 Å². The van der Waals surface area contributed by atoms with Gasteiger partial charge in [-0.05, 0) is 24.3 Å². The van der Waals surface area contributed by atoms with Crippen LogP contribution >= 0.6 is 0 Å². The van der Waals surface area contributed by atoms with E-state index in [0.29, 0.717) is 5.69 Å². The van der Waals surface area contributed by atoms with E-state index < -0.39 is 21.4 Å². The highest BCUT2D eigenvalue weighted by atomic mass is 16.6. The fraction of sp³-hybridized carbons (Fsp3) is 0.0556. The zero-order chi connectivity index (χ0) is 21.7. The lowest BCUT2D eigenvalue weighted by Gasteiger charge is -2.18. The predicted octanol–water partition coefficient (Wildman–Crippen LogP) is 2.82. The van der Waals surface area contributed by atoms with E-state index in [4.69, 9.17) is 0 Å². The number of benzene rings is 2. The zero-order valence-electron chi connectivity index (χ0n) is 15.6. The molecule has 152 valence electrons. The van der Waals surface area contributed by atoms with Crippen LogP contribution in [0.4, 0.5) is 28.7 Å². The summed E-state index contributed by atoms with van der Waals surface area (Å²) in [7, 11) is 1.61. The minimum absolute atomic E-state index is 0.0216. The van der Waals surface area contributed by atoms with Crippen LogP contribution in [0.25, 0.3) is 0 Å². The molecule has 0 radical (unpaired) electrons. The summed E-state index contributed by atoms with van der Waals surface area (Å²) in [6.45, 7) is 0. The smallest absolute Gasteiger partial charge is 0.324 e. The van der Waals surface area contributed by atoms with E-state index in [-0.39, 0.29) is 22.9 Å². The van der Waals surface area contributed by atoms with E-state index in [1.54, 1.807) is 31.3 Å². The van der Waals surface area contributed by atoms with Crippen LogP contribution in [0, 0.1) is 20.2 Å². The van der Waals surface area contributed by atoms with Crippen LogP contribution in [0.15, 0.2) is 60.9 Å². The number of nitro groups is 2. The quantitative estimate of drug-likeness (QED) is 0.442. The molecule has 0 saturated heterocycles. The van der Waals surface area contributed by atoms with Crippen LogP contribution in [0.2, 0.25) is 0 Å². The molecule has 30 heavy (non-hydrogen) atoms. The highest BCUT2D eigenvalue weighted by Gasteiger charge is 2.26. The number of carbonyl (C=O) groups excluding carboxylic acids is 1. The van der Waals surface area contributed by atoms with Crippen molar-refractivity contribution in [3.8, 4) is 0 Å². The zero-order valence-corrected chi connectivity index (χ0v) is 15.6. The second-order valence-corrected chi connectivity index (χ2v) is 5.93. The Labute approximate surface area is 169 Å². The summed E-state index contributed by atoms with van der Waals surface area (Å²) in [6.07, 6.45) is 1.13. The molecule has 0 aliphatic carbocycles. The van der Waals surface area contributed by atoms with Crippen LogP contribution in [-0.2, 0) is 0 Å². The Morgan fingerprint density at radius 3 is 2.23 bits per heavy atom. The molecule has 2 aromatic carbocycles. The number of hydrazine groups is 1. The third-order valence-electron chi connectivity index (χ3n) is 4.08. The first-order chi connectivity index (χ1) is 14.4. The lowest BCUT2D eigenvalue weighted by atomic mass is 10.2. The van der Waals surface area contributed by atoms with Gasteiger partial charge in [-0.2, -0.15) is 0 Å². The van der Waals surface area contributed by atoms with Gasteiger partial charge in [0.25, 0.3) is 11.6 Å². The molecule has 0 atom stereocenters. The lowest BCUT2D eigenvalue weighted by molar-refractivity contribution is -0.384. The molecule has 3 rings (SSSR count). The number of nitrogens with one attached hydrogen (secondary N) is 2. The molecule has 0 aliphatic heterocycles. The van der Waals surface area contributed by atoms with Crippen LogP contribution < -0.4 is 15.8 Å². The van der Waals surface area contributed by atoms with Crippen molar-refractivity contribution in [1.82, 2.24) is 15.4 Å². The minimum atomic E-state index is -0.658. The van der Waals surface area contributed by atoms with Gasteiger partial charge in [-0.25, -0.2) is 9.97 Å². The lowest BCUT2D eigenvalue weighted by Crippen LogP contribution is -2.30. The van der Waals surface area contributed by atoms with Crippen molar-refractivity contribution in [1.29, 1.82) is 0 Å². The summed E-state index contributed by atoms with van der Waals surface area (Å²) in [5, 5.41) is 22.4. The summed E-state index contributed by atoms with van der Waals surface area (Å²) >= 11 is 0. The first kappa shape index (κ1) is 20.1. The topological polar surface area (TPSA) is 156 Å². The molecule has 2 N–H and O–H groups in total. The molecular weight excluding hydrogens is 394 g/mol. The standard InChI is InChI=1S/C18H15N7O5/c1-23(13-5-3-2-4-6-13)17-15(25(29)30)16(19-11-20-17)21-22-18(26)12-7-9-14(10-8-12)24(27)28/h2-11H,1H3,(H,22,26)(H,19,20,21). The Morgan fingerprint density at radius 2 is 1.63 bits per heavy atom. The average Bonchev–Trinajstić information content (AvgIpc) is 2.77. The number of amides is 1. The van der Waals surface area contributed by atoms with Crippen molar-refractivity contribution < 1.29 is 14.6 Å². The monoisotopic (exact) mass is 409 g/mol. The maximum atomic E-state index is 12.3. The maximum absolute atomic E-state index is 12.3. The highest BCUT2D eigenvalue weighted by molar-refractivity contribution is 5.95. The van der Waals surface area contributed by atoms with Crippen molar-refractivity contribution in [3.05, 3.63) is 86.7 Å². The second kappa shape index (κ2) is 8.60. The number of non-ortho nitro benzene ring substituents is 1. The van der Waals surface area contributed by atoms with Crippen molar-refractivity contribution in [2.75, 3.05) is 17.4 Å². The van der Waals surface area contributed by atoms with E-state index in [0.717, 1.165) is 6.33 Å². The van der Waals surface area contributed by atoms with E-state index in [2.05, 4.69) is 20.8 Å². The van der Waals surface area contributed by atoms with Crippen molar-refractivity contribution in [3.63, 3.8) is 0 Å². The van der Waals surface area contributed by atoms with Gasteiger partial charge in [-0.1, -0.05) is 18.2 Å². The Kier molecular flexibility index (Phi) is 5.77. The molecule has 1 amide bonds. The molecule has 0 fully saturated rings. The fourth-order valence-corrected chi connectivity index (χ4v) is 2.57. The Balaban J connectivity index is 1.83. The van der Waals surface area contributed by atoms with Gasteiger partial charge < -0.3 is 4.90 Å². The van der Waals surface area contributed by atoms with Crippen molar-refractivity contribution in [2.45, 2.75) is 0 Å². The van der Waals surface area contributed by atoms with Gasteiger partial charge in [0.2, 0.25) is 11.6 Å². The van der Waals surface area contributed by atoms with E-state index in [1.165, 1.54) is 29.2 Å². The SMILES string of the molecule is CN(c1ccccc1)c1ncnc(NNC(=O)c2ccc([N+](=O)[O-])cc2)c1[N+](=O)[O-]. The number of nitro benzene ring substituents is 1. The van der Waals surface area contributed by atoms with Crippen LogP contribution in [0.1, 0.15) is 10.4 Å². The predicted molar refractivity (Wildman–Crippen MR) is 107 cm³/mol. The number of nitrogens with zero attached hydrogens (tertiary/aromatic N) is 5. The summed E-state index contributed by atoms with van der Waals surface area (Å²) in [5.74, 6) is -0.855. The molecular formula is C18H15N7O5. The molecule has 12 heteroatoms. The third kappa shape index (κ3) is 4.27. The minimum Gasteiger partial charge on any atom is -0.324 e. The van der Waals surface area contributed by atoms with Crippen molar-refractivity contribution >= 4 is 34.6 Å². The first-order valence-electron chi connectivity index (χ1n) is 8.47. The molecule has 3 aromatic rings. The largest absolute Gasteiger partial charge is 0.355 e. The van der Waals surface area contributed by atoms with Gasteiger partial charge in [-0.3, -0.25) is 35.9 Å². The van der Waals surface area contributed by atoms with E-state index >= 15 is 0 Å². The third-order valence-corrected chi connectivity index (χ3v) is 4.08. The molecule has 0 bridgehead atoms. The molecule has 0 spiro atoms. The maximum Gasteiger partial charge on any atom is 0.355 e. The number of rotatable bonds is 7. The number of aromatic nitrogens is 2. The number of para-hydroxylation sites is 1. The molecule has 0 saturated carbocycles. The summed E-state index contributed by atoms with van der Waals surface area (Å²) in [6, 6.07) is 13.8.